The van der Waals surface area contributed by atoms with E-state index in [0.29, 0.717) is 0 Å². The molecule has 0 saturated carbocycles. The first-order valence-corrected chi connectivity index (χ1v) is 22.5. The summed E-state index contributed by atoms with van der Waals surface area (Å²) < 4.78 is 0. The molecule has 0 nitrogen and oxygen atoms in total. The van der Waals surface area contributed by atoms with Gasteiger partial charge in [-0.05, 0) is 65.7 Å². The van der Waals surface area contributed by atoms with Gasteiger partial charge in [-0.15, -0.1) is 60.1 Å². The number of hydrogen-bond acceptors (Lipinski definition) is 0. The Morgan fingerprint density at radius 2 is 0.267 bits per heavy atom. The van der Waals surface area contributed by atoms with Crippen LogP contribution < -0.4 is 131 Å². The third kappa shape index (κ3) is 5.86. The summed E-state index contributed by atoms with van der Waals surface area (Å²) in [6.45, 7) is 0. The van der Waals surface area contributed by atoms with E-state index in [4.69, 9.17) is 0 Å². The van der Waals surface area contributed by atoms with Gasteiger partial charge in [-0.1, -0.05) is 71.0 Å². The van der Waals surface area contributed by atoms with Crippen LogP contribution in [0, 0.1) is 0 Å². The Morgan fingerprint density at radius 1 is 0.100 bits per heavy atom. The Bertz CT molecular complexity index is 3130. The molecule has 0 unspecified atom stereocenters. The molecule has 0 amide bonds. The van der Waals surface area contributed by atoms with Crippen LogP contribution in [0.4, 0.5) is 0 Å². The largest absolute Gasteiger partial charge is 0.140 e. The highest BCUT2D eigenvalue weighted by Crippen LogP contribution is 2.42. The van der Waals surface area contributed by atoms with Gasteiger partial charge in [0, 0.05) is 0 Å². The van der Waals surface area contributed by atoms with Gasteiger partial charge < -0.3 is 0 Å². The van der Waals surface area contributed by atoms with Crippen molar-refractivity contribution < 1.29 is 0 Å². The fourth-order valence-electron chi connectivity index (χ4n) is 11.9. The van der Waals surface area contributed by atoms with Crippen molar-refractivity contribution in [2.24, 2.45) is 0 Å². The maximum Gasteiger partial charge on any atom is 0.140 e. The van der Waals surface area contributed by atoms with Crippen LogP contribution in [0.3, 0.4) is 0 Å². The molecule has 0 heterocycles. The molecule has 7 rings (SSSR count). The van der Waals surface area contributed by atoms with Crippen LogP contribution >= 0.6 is 0 Å². The molecule has 0 aromatic heterocycles. The van der Waals surface area contributed by atoms with Gasteiger partial charge in [-0.3, -0.25) is 0 Å². The SMILES string of the molecule is Bc1c(B)c(B)c(-c2c3c(B)c(B)c(B)c(B)c3c(-c3c(B)c(B)c(B)c(B)c3B)c3c(-c4c(B)c(B)c5c(B)c(B)c(B)c(B)c5c4B)c(B)c(B)c(B)c23)c(B)c1B. The lowest BCUT2D eigenvalue weighted by Gasteiger charge is -2.33. The van der Waals surface area contributed by atoms with Crippen molar-refractivity contribution in [1.82, 2.24) is 0 Å². The molecule has 0 atom stereocenters. The summed E-state index contributed by atoms with van der Waals surface area (Å²) in [6.07, 6.45) is 0. The Morgan fingerprint density at radius 3 is 0.617 bits per heavy atom. The van der Waals surface area contributed by atoms with Crippen molar-refractivity contribution in [1.29, 1.82) is 0 Å². The van der Waals surface area contributed by atoms with E-state index >= 15 is 0 Å². The molecule has 0 spiro atoms. The van der Waals surface area contributed by atoms with Crippen LogP contribution in [0.2, 0.25) is 0 Å². The average Bonchev–Trinajstić information content (AvgIpc) is 3.21. The second kappa shape index (κ2) is 15.3. The molecule has 24 heteroatoms. The zero-order chi connectivity index (χ0) is 44.8. The minimum absolute atomic E-state index is 1.40. The first-order valence-electron chi connectivity index (χ1n) is 22.5. The number of fused-ring (bicyclic) bond motifs is 3. The van der Waals surface area contributed by atoms with Crippen LogP contribution in [0.5, 0.6) is 0 Å². The third-order valence-corrected chi connectivity index (χ3v) is 17.6. The summed E-state index contributed by atoms with van der Waals surface area (Å²) in [4.78, 5) is 0. The van der Waals surface area contributed by atoms with E-state index in [9.17, 15) is 0 Å². The van der Waals surface area contributed by atoms with E-state index in [1.165, 1.54) is 197 Å². The molecule has 0 aliphatic rings. The molecule has 0 aliphatic heterocycles. The Balaban J connectivity index is 2.02. The molecule has 0 N–H and O–H groups in total. The van der Waals surface area contributed by atoms with Gasteiger partial charge in [-0.2, -0.15) is 0 Å². The van der Waals surface area contributed by atoms with Gasteiger partial charge in [0.2, 0.25) is 0 Å². The summed E-state index contributed by atoms with van der Waals surface area (Å²) in [5.41, 5.74) is 42.3. The van der Waals surface area contributed by atoms with Crippen molar-refractivity contribution in [3.05, 3.63) is 0 Å². The van der Waals surface area contributed by atoms with Gasteiger partial charge in [0.25, 0.3) is 0 Å². The third-order valence-electron chi connectivity index (χ3n) is 17.6. The van der Waals surface area contributed by atoms with Crippen LogP contribution in [0.1, 0.15) is 0 Å². The summed E-state index contributed by atoms with van der Waals surface area (Å²) >= 11 is 0. The predicted molar refractivity (Wildman–Crippen MR) is 352 cm³/mol. The van der Waals surface area contributed by atoms with Crippen LogP contribution in [0.25, 0.3) is 65.7 Å². The van der Waals surface area contributed by atoms with Crippen LogP contribution in [-0.4, -0.2) is 188 Å². The van der Waals surface area contributed by atoms with Gasteiger partial charge in [0.1, 0.15) is 188 Å². The zero-order valence-electron chi connectivity index (χ0n) is 42.0. The monoisotopic (exact) mass is 745 g/mol. The summed E-state index contributed by atoms with van der Waals surface area (Å²) in [5, 5.41) is 8.59. The fraction of sp³-hybridized carbons (Fsp3) is 0. The molecule has 7 aromatic carbocycles. The van der Waals surface area contributed by atoms with E-state index in [1.807, 2.05) is 0 Å². The molecule has 0 fully saturated rings. The lowest BCUT2D eigenvalue weighted by atomic mass is 9.54. The molecule has 7 aromatic rings. The van der Waals surface area contributed by atoms with Crippen molar-refractivity contribution in [3.63, 3.8) is 0 Å². The summed E-state index contributed by atoms with van der Waals surface area (Å²) in [6, 6.07) is 0. The predicted octanol–water partition coefficient (Wildman–Crippen LogP) is -31.7. The van der Waals surface area contributed by atoms with Gasteiger partial charge in [0.15, 0.2) is 0 Å². The minimum Gasteiger partial charge on any atom is -0.102 e. The molecule has 0 aliphatic carbocycles. The molecule has 0 saturated heterocycles. The van der Waals surface area contributed by atoms with Gasteiger partial charge in [0.05, 0.1) is 0 Å². The maximum atomic E-state index is 2.44. The first-order chi connectivity index (χ1) is 27.9. The Hall–Kier alpha value is -3.12. The number of benzene rings is 7. The smallest absolute Gasteiger partial charge is 0.102 e. The van der Waals surface area contributed by atoms with E-state index in [0.717, 1.165) is 0 Å². The molecule has 0 bridgehead atoms. The second-order valence-electron chi connectivity index (χ2n) is 19.5. The summed E-state index contributed by atoms with van der Waals surface area (Å²) in [7, 11) is 57.1. The van der Waals surface area contributed by atoms with E-state index < -0.39 is 0 Å². The average molecular weight is 740 g/mol. The Labute approximate surface area is 382 Å². The molecule has 0 radical (unpaired) electrons. The van der Waals surface area contributed by atoms with Gasteiger partial charge in [-0.25, -0.2) is 0 Å². The molecule has 264 valence electrons. The standard InChI is InChI=1S/C36H48B24/c37-13-10(18(42)19(43)12-11(13)24(48)29(53)30(54)25(12)49)7-1-2(8-20(44)31(55)35(59)32(56)21(8)45)5-6(16(40)28(52)27(51)15(5)39)3(4(1)14(38)26(50)17(7)41)9-22(46)33(57)36(60)34(58)23(9)47/h37-60H2. The fourth-order valence-corrected chi connectivity index (χ4v) is 11.9. The highest BCUT2D eigenvalue weighted by atomic mass is 14.3. The topological polar surface area (TPSA) is 0 Å². The van der Waals surface area contributed by atoms with E-state index in [1.54, 1.807) is 0 Å². The van der Waals surface area contributed by atoms with Crippen LogP contribution in [-0.2, 0) is 0 Å². The molecular formula is C36H48B24. The zero-order valence-corrected chi connectivity index (χ0v) is 42.0. The second-order valence-corrected chi connectivity index (χ2v) is 19.5. The van der Waals surface area contributed by atoms with Crippen LogP contribution in [0.15, 0.2) is 0 Å². The van der Waals surface area contributed by atoms with E-state index in [2.05, 4.69) is 188 Å². The Kier molecular flexibility index (Phi) is 11.5. The van der Waals surface area contributed by atoms with Crippen molar-refractivity contribution >= 4 is 352 Å². The van der Waals surface area contributed by atoms with Crippen molar-refractivity contribution in [2.45, 2.75) is 0 Å². The highest BCUT2D eigenvalue weighted by Gasteiger charge is 2.31. The van der Waals surface area contributed by atoms with Gasteiger partial charge >= 0.3 is 0 Å². The van der Waals surface area contributed by atoms with Crippen molar-refractivity contribution in [2.75, 3.05) is 0 Å². The van der Waals surface area contributed by atoms with E-state index in [-0.39, 0.29) is 0 Å². The lowest BCUT2D eigenvalue weighted by Crippen LogP contribution is -2.56. The lowest BCUT2D eigenvalue weighted by molar-refractivity contribution is 1.82. The van der Waals surface area contributed by atoms with Crippen molar-refractivity contribution in [3.8, 4) is 33.4 Å². The number of hydrogen-bond donors (Lipinski definition) is 0. The first kappa shape index (κ1) is 44.9. The quantitative estimate of drug-likeness (QED) is 0.125. The molecule has 60 heavy (non-hydrogen) atoms. The normalized spacial score (nSPS) is 11.6. The number of rotatable bonds is 3. The minimum atomic E-state index is 1.40. The summed E-state index contributed by atoms with van der Waals surface area (Å²) in [5.74, 6) is 0. The molecular weight excluding hydrogens is 692 g/mol. The maximum absolute atomic E-state index is 2.44. The highest BCUT2D eigenvalue weighted by molar-refractivity contribution is 6.76.